The van der Waals surface area contributed by atoms with Crippen LogP contribution in [0.2, 0.25) is 0 Å². The van der Waals surface area contributed by atoms with Gasteiger partial charge in [-0.2, -0.15) is 13.2 Å². The zero-order valence-electron chi connectivity index (χ0n) is 9.69. The Morgan fingerprint density at radius 1 is 1.11 bits per heavy atom. The highest BCUT2D eigenvalue weighted by atomic mass is 19.4. The van der Waals surface area contributed by atoms with Crippen LogP contribution in [0.3, 0.4) is 0 Å². The number of alkyl halides is 3. The number of nitrogens with zero attached hydrogens (tertiary/aromatic N) is 2. The number of ketones is 1. The van der Waals surface area contributed by atoms with Crippen molar-refractivity contribution in [1.29, 1.82) is 0 Å². The van der Waals surface area contributed by atoms with Gasteiger partial charge >= 0.3 is 6.18 Å². The summed E-state index contributed by atoms with van der Waals surface area (Å²) in [6.07, 6.45) is -1.75. The molecule has 0 fully saturated rings. The number of Topliss-reactive ketones (excluding diaryl/α,β-unsaturated/α-hetero) is 1. The zero-order chi connectivity index (χ0) is 13.9. The lowest BCUT2D eigenvalue weighted by Gasteiger charge is -2.08. The van der Waals surface area contributed by atoms with Crippen molar-refractivity contribution in [2.75, 3.05) is 0 Å². The van der Waals surface area contributed by atoms with Crippen molar-refractivity contribution in [3.8, 4) is 0 Å². The van der Waals surface area contributed by atoms with Crippen molar-refractivity contribution in [3.63, 3.8) is 0 Å². The summed E-state index contributed by atoms with van der Waals surface area (Å²) in [6.45, 7) is 0. The van der Waals surface area contributed by atoms with Crippen LogP contribution in [0.25, 0.3) is 0 Å². The molecule has 0 atom stereocenters. The maximum absolute atomic E-state index is 12.5. The summed E-state index contributed by atoms with van der Waals surface area (Å²) in [5.41, 5.74) is -0.487. The van der Waals surface area contributed by atoms with E-state index in [0.717, 1.165) is 12.1 Å². The van der Waals surface area contributed by atoms with Crippen molar-refractivity contribution < 1.29 is 18.0 Å². The molecule has 2 aromatic rings. The molecule has 6 heteroatoms. The maximum Gasteiger partial charge on any atom is 0.416 e. The Balaban J connectivity index is 2.18. The third-order valence-electron chi connectivity index (χ3n) is 2.43. The Kier molecular flexibility index (Phi) is 3.59. The molecular formula is C13H9F3N2O. The number of carbonyl (C=O) groups is 1. The van der Waals surface area contributed by atoms with Gasteiger partial charge in [-0.1, -0.05) is 18.2 Å². The van der Waals surface area contributed by atoms with Crippen LogP contribution < -0.4 is 0 Å². The van der Waals surface area contributed by atoms with Crippen LogP contribution in [-0.4, -0.2) is 15.8 Å². The first-order chi connectivity index (χ1) is 8.97. The minimum absolute atomic E-state index is 0.0000817. The van der Waals surface area contributed by atoms with E-state index >= 15 is 0 Å². The molecule has 2 rings (SSSR count). The molecule has 19 heavy (non-hydrogen) atoms. The van der Waals surface area contributed by atoms with Crippen molar-refractivity contribution in [2.24, 2.45) is 0 Å². The lowest BCUT2D eigenvalue weighted by molar-refractivity contribution is -0.137. The summed E-state index contributed by atoms with van der Waals surface area (Å²) >= 11 is 0. The molecule has 1 aromatic heterocycles. The highest BCUT2D eigenvalue weighted by molar-refractivity contribution is 5.93. The van der Waals surface area contributed by atoms with Gasteiger partial charge in [-0.25, -0.2) is 9.97 Å². The van der Waals surface area contributed by atoms with E-state index in [2.05, 4.69) is 9.97 Å². The quantitative estimate of drug-likeness (QED) is 0.802. The molecule has 1 aromatic carbocycles. The Labute approximate surface area is 107 Å². The van der Waals surface area contributed by atoms with Gasteiger partial charge in [0.25, 0.3) is 0 Å². The molecule has 0 N–H and O–H groups in total. The number of halogens is 3. The predicted octanol–water partition coefficient (Wildman–Crippen LogP) is 2.92. The average molecular weight is 266 g/mol. The van der Waals surface area contributed by atoms with E-state index in [1.807, 2.05) is 0 Å². The van der Waals surface area contributed by atoms with Crippen LogP contribution in [-0.2, 0) is 12.6 Å². The highest BCUT2D eigenvalue weighted by Gasteiger charge is 2.30. The van der Waals surface area contributed by atoms with Crippen LogP contribution in [0.1, 0.15) is 21.7 Å². The molecule has 0 spiro atoms. The Morgan fingerprint density at radius 3 is 2.42 bits per heavy atom. The zero-order valence-corrected chi connectivity index (χ0v) is 9.69. The van der Waals surface area contributed by atoms with Crippen molar-refractivity contribution in [1.82, 2.24) is 9.97 Å². The summed E-state index contributed by atoms with van der Waals surface area (Å²) in [6, 6.07) is 6.22. The first-order valence-corrected chi connectivity index (χ1v) is 5.43. The number of hydrogen-bond donors (Lipinski definition) is 0. The number of rotatable bonds is 3. The van der Waals surface area contributed by atoms with Gasteiger partial charge in [0, 0.05) is 18.8 Å². The molecule has 0 unspecified atom stereocenters. The normalized spacial score (nSPS) is 11.3. The molecular weight excluding hydrogens is 257 g/mol. The van der Waals surface area contributed by atoms with E-state index in [4.69, 9.17) is 0 Å². The van der Waals surface area contributed by atoms with Gasteiger partial charge in [0.1, 0.15) is 0 Å². The molecule has 1 heterocycles. The van der Waals surface area contributed by atoms with Gasteiger partial charge in [-0.15, -0.1) is 0 Å². The fourth-order valence-electron chi connectivity index (χ4n) is 1.57. The van der Waals surface area contributed by atoms with Gasteiger partial charge in [-0.3, -0.25) is 4.79 Å². The fourth-order valence-corrected chi connectivity index (χ4v) is 1.57. The molecule has 0 aliphatic rings. The van der Waals surface area contributed by atoms with E-state index in [-0.39, 0.29) is 17.8 Å². The van der Waals surface area contributed by atoms with Crippen LogP contribution in [0.4, 0.5) is 13.2 Å². The second-order valence-electron chi connectivity index (χ2n) is 3.87. The smallest absolute Gasteiger partial charge is 0.290 e. The third kappa shape index (κ3) is 3.37. The van der Waals surface area contributed by atoms with Gasteiger partial charge in [0.05, 0.1) is 5.56 Å². The Bertz CT molecular complexity index is 582. The predicted molar refractivity (Wildman–Crippen MR) is 61.5 cm³/mol. The molecule has 98 valence electrons. The SMILES string of the molecule is O=C(Cc1cccc(C(F)(F)F)c1)c1ncccn1. The van der Waals surface area contributed by atoms with E-state index in [9.17, 15) is 18.0 Å². The lowest BCUT2D eigenvalue weighted by Crippen LogP contribution is -2.10. The summed E-state index contributed by atoms with van der Waals surface area (Å²) in [4.78, 5) is 19.3. The van der Waals surface area contributed by atoms with Crippen molar-refractivity contribution in [3.05, 3.63) is 59.7 Å². The Morgan fingerprint density at radius 2 is 1.79 bits per heavy atom. The second kappa shape index (κ2) is 5.17. The van der Waals surface area contributed by atoms with Crippen LogP contribution >= 0.6 is 0 Å². The average Bonchev–Trinajstić information content (AvgIpc) is 2.39. The van der Waals surface area contributed by atoms with E-state index in [0.29, 0.717) is 0 Å². The molecule has 3 nitrogen and oxygen atoms in total. The van der Waals surface area contributed by atoms with E-state index in [1.54, 1.807) is 6.07 Å². The van der Waals surface area contributed by atoms with Gasteiger partial charge in [-0.05, 0) is 17.7 Å². The monoisotopic (exact) mass is 266 g/mol. The molecule has 0 aliphatic carbocycles. The highest BCUT2D eigenvalue weighted by Crippen LogP contribution is 2.29. The number of hydrogen-bond acceptors (Lipinski definition) is 3. The maximum atomic E-state index is 12.5. The minimum Gasteiger partial charge on any atom is -0.290 e. The number of benzene rings is 1. The lowest BCUT2D eigenvalue weighted by atomic mass is 10.1. The largest absolute Gasteiger partial charge is 0.416 e. The topological polar surface area (TPSA) is 42.9 Å². The minimum atomic E-state index is -4.41. The van der Waals surface area contributed by atoms with Gasteiger partial charge < -0.3 is 0 Å². The summed E-state index contributed by atoms with van der Waals surface area (Å²) in [7, 11) is 0. The molecule has 0 amide bonds. The van der Waals surface area contributed by atoms with E-state index < -0.39 is 17.5 Å². The number of carbonyl (C=O) groups excluding carboxylic acids is 1. The van der Waals surface area contributed by atoms with E-state index in [1.165, 1.54) is 24.5 Å². The van der Waals surface area contributed by atoms with Gasteiger partial charge in [0.2, 0.25) is 5.78 Å². The molecule has 0 saturated carbocycles. The van der Waals surface area contributed by atoms with Crippen LogP contribution in [0.5, 0.6) is 0 Å². The van der Waals surface area contributed by atoms with Crippen LogP contribution in [0, 0.1) is 0 Å². The fraction of sp³-hybridized carbons (Fsp3) is 0.154. The molecule has 0 radical (unpaired) electrons. The molecule has 0 bridgehead atoms. The van der Waals surface area contributed by atoms with Crippen molar-refractivity contribution in [2.45, 2.75) is 12.6 Å². The first-order valence-electron chi connectivity index (χ1n) is 5.43. The van der Waals surface area contributed by atoms with Gasteiger partial charge in [0.15, 0.2) is 5.82 Å². The first kappa shape index (κ1) is 13.2. The molecule has 0 aliphatic heterocycles. The summed E-state index contributed by atoms with van der Waals surface area (Å²) in [5.74, 6) is -0.417. The number of aromatic nitrogens is 2. The standard InChI is InChI=1S/C13H9F3N2O/c14-13(15,16)10-4-1-3-9(7-10)8-11(19)12-17-5-2-6-18-12/h1-7H,8H2. The second-order valence-corrected chi connectivity index (χ2v) is 3.87. The summed E-state index contributed by atoms with van der Waals surface area (Å²) in [5, 5.41) is 0. The molecule has 0 saturated heterocycles. The summed E-state index contributed by atoms with van der Waals surface area (Å²) < 4.78 is 37.6. The van der Waals surface area contributed by atoms with Crippen molar-refractivity contribution >= 4 is 5.78 Å². The van der Waals surface area contributed by atoms with Crippen LogP contribution in [0.15, 0.2) is 42.7 Å². The Hall–Kier alpha value is -2.24. The third-order valence-corrected chi connectivity index (χ3v) is 2.43.